The van der Waals surface area contributed by atoms with E-state index in [1.54, 1.807) is 0 Å². The van der Waals surface area contributed by atoms with Crippen LogP contribution in [0, 0.1) is 5.92 Å². The first-order valence-electron chi connectivity index (χ1n) is 5.64. The molecular weight excluding hydrogens is 194 g/mol. The van der Waals surface area contributed by atoms with Gasteiger partial charge in [0.1, 0.15) is 0 Å². The average molecular weight is 215 g/mol. The molecule has 4 heteroatoms. The Hall–Kier alpha value is 0.230. The monoisotopic (exact) mass is 215 g/mol. The fraction of sp³-hybridized carbons (Fsp3) is 1.00. The molecule has 2 heterocycles. The summed E-state index contributed by atoms with van der Waals surface area (Å²) in [5.41, 5.74) is 5.91. The summed E-state index contributed by atoms with van der Waals surface area (Å²) in [6.45, 7) is 5.48. The number of hydrogen-bond acceptors (Lipinski definition) is 4. The Labute approximate surface area is 90.8 Å². The van der Waals surface area contributed by atoms with Crippen molar-refractivity contribution in [2.75, 3.05) is 44.2 Å². The number of piperazine rings is 1. The number of hydrogen-bond donors (Lipinski definition) is 2. The summed E-state index contributed by atoms with van der Waals surface area (Å²) < 4.78 is 0. The number of thioether (sulfide) groups is 1. The second kappa shape index (κ2) is 5.35. The lowest BCUT2D eigenvalue weighted by Crippen LogP contribution is -2.53. The zero-order chi connectivity index (χ0) is 9.80. The van der Waals surface area contributed by atoms with Gasteiger partial charge in [-0.1, -0.05) is 0 Å². The Kier molecular flexibility index (Phi) is 4.10. The highest BCUT2D eigenvalue weighted by atomic mass is 32.2. The summed E-state index contributed by atoms with van der Waals surface area (Å²) in [5, 5.41) is 3.40. The smallest absolute Gasteiger partial charge is 0.0255 e. The van der Waals surface area contributed by atoms with Crippen LogP contribution in [0.1, 0.15) is 6.42 Å². The van der Waals surface area contributed by atoms with Crippen molar-refractivity contribution < 1.29 is 0 Å². The Balaban J connectivity index is 1.89. The van der Waals surface area contributed by atoms with Crippen LogP contribution in [0.5, 0.6) is 0 Å². The molecule has 2 unspecified atom stereocenters. The van der Waals surface area contributed by atoms with Gasteiger partial charge < -0.3 is 11.1 Å². The van der Waals surface area contributed by atoms with Gasteiger partial charge in [0, 0.05) is 38.8 Å². The normalized spacial score (nSPS) is 31.9. The summed E-state index contributed by atoms with van der Waals surface area (Å²) in [4.78, 5) is 2.59. The second-order valence-electron chi connectivity index (χ2n) is 4.21. The molecule has 2 atom stereocenters. The number of rotatable bonds is 3. The van der Waals surface area contributed by atoms with Gasteiger partial charge in [0.05, 0.1) is 0 Å². The van der Waals surface area contributed by atoms with Gasteiger partial charge in [-0.2, -0.15) is 11.8 Å². The van der Waals surface area contributed by atoms with E-state index >= 15 is 0 Å². The average Bonchev–Trinajstić information content (AvgIpc) is 2.74. The van der Waals surface area contributed by atoms with E-state index in [4.69, 9.17) is 5.73 Å². The lowest BCUT2D eigenvalue weighted by atomic mass is 9.97. The van der Waals surface area contributed by atoms with E-state index in [0.717, 1.165) is 25.6 Å². The summed E-state index contributed by atoms with van der Waals surface area (Å²) in [7, 11) is 0. The highest BCUT2D eigenvalue weighted by Gasteiger charge is 2.29. The van der Waals surface area contributed by atoms with Crippen molar-refractivity contribution in [3.8, 4) is 0 Å². The molecule has 0 aromatic heterocycles. The third-order valence-corrected chi connectivity index (χ3v) is 4.56. The molecule has 3 N–H and O–H groups in total. The van der Waals surface area contributed by atoms with Gasteiger partial charge in [-0.3, -0.25) is 4.90 Å². The molecule has 0 spiro atoms. The van der Waals surface area contributed by atoms with E-state index in [2.05, 4.69) is 22.0 Å². The minimum absolute atomic E-state index is 0.645. The molecule has 0 bridgehead atoms. The molecule has 14 heavy (non-hydrogen) atoms. The zero-order valence-corrected chi connectivity index (χ0v) is 9.56. The summed E-state index contributed by atoms with van der Waals surface area (Å²) in [6.07, 6.45) is 1.37. The quantitative estimate of drug-likeness (QED) is 0.694. The van der Waals surface area contributed by atoms with Crippen LogP contribution < -0.4 is 11.1 Å². The second-order valence-corrected chi connectivity index (χ2v) is 5.36. The van der Waals surface area contributed by atoms with Gasteiger partial charge in [0.15, 0.2) is 0 Å². The highest BCUT2D eigenvalue weighted by Crippen LogP contribution is 2.28. The van der Waals surface area contributed by atoms with Crippen LogP contribution in [0.2, 0.25) is 0 Å². The minimum Gasteiger partial charge on any atom is -0.329 e. The third-order valence-electron chi connectivity index (χ3n) is 3.37. The SMILES string of the molecule is NCC(C1CCSC1)N1CCNCC1. The Bertz CT molecular complexity index is 165. The first kappa shape index (κ1) is 10.7. The number of nitrogens with zero attached hydrogens (tertiary/aromatic N) is 1. The Morgan fingerprint density at radius 1 is 1.43 bits per heavy atom. The van der Waals surface area contributed by atoms with Crippen molar-refractivity contribution >= 4 is 11.8 Å². The standard InChI is InChI=1S/C10H21N3S/c11-7-10(9-1-6-14-8-9)13-4-2-12-3-5-13/h9-10,12H,1-8,11H2. The lowest BCUT2D eigenvalue weighted by Gasteiger charge is -2.37. The fourth-order valence-corrected chi connectivity index (χ4v) is 3.84. The maximum atomic E-state index is 5.91. The third kappa shape index (κ3) is 2.42. The molecule has 2 aliphatic rings. The van der Waals surface area contributed by atoms with E-state index in [1.807, 2.05) is 0 Å². The maximum Gasteiger partial charge on any atom is 0.0255 e. The van der Waals surface area contributed by atoms with Crippen LogP contribution in [-0.4, -0.2) is 55.2 Å². The molecule has 3 nitrogen and oxygen atoms in total. The summed E-state index contributed by atoms with van der Waals surface area (Å²) in [6, 6.07) is 0.645. The van der Waals surface area contributed by atoms with Gasteiger partial charge in [-0.15, -0.1) is 0 Å². The van der Waals surface area contributed by atoms with Crippen LogP contribution in [-0.2, 0) is 0 Å². The molecule has 0 aromatic carbocycles. The molecule has 0 aliphatic carbocycles. The molecule has 82 valence electrons. The Morgan fingerprint density at radius 2 is 2.21 bits per heavy atom. The van der Waals surface area contributed by atoms with Crippen LogP contribution in [0.4, 0.5) is 0 Å². The van der Waals surface area contributed by atoms with Gasteiger partial charge >= 0.3 is 0 Å². The van der Waals surface area contributed by atoms with E-state index < -0.39 is 0 Å². The molecule has 0 radical (unpaired) electrons. The van der Waals surface area contributed by atoms with E-state index in [0.29, 0.717) is 6.04 Å². The van der Waals surface area contributed by atoms with Crippen molar-refractivity contribution in [1.82, 2.24) is 10.2 Å². The fourth-order valence-electron chi connectivity index (χ4n) is 2.51. The van der Waals surface area contributed by atoms with Crippen molar-refractivity contribution in [2.45, 2.75) is 12.5 Å². The van der Waals surface area contributed by atoms with Gasteiger partial charge in [-0.25, -0.2) is 0 Å². The van der Waals surface area contributed by atoms with Crippen molar-refractivity contribution in [2.24, 2.45) is 11.7 Å². The van der Waals surface area contributed by atoms with Gasteiger partial charge in [0.2, 0.25) is 0 Å². The topological polar surface area (TPSA) is 41.3 Å². The molecule has 0 aromatic rings. The van der Waals surface area contributed by atoms with Crippen molar-refractivity contribution in [3.05, 3.63) is 0 Å². The first-order valence-corrected chi connectivity index (χ1v) is 6.80. The van der Waals surface area contributed by atoms with E-state index in [1.165, 1.54) is 31.0 Å². The maximum absolute atomic E-state index is 5.91. The molecule has 0 saturated carbocycles. The molecule has 2 saturated heterocycles. The molecule has 2 aliphatic heterocycles. The number of nitrogens with two attached hydrogens (primary N) is 1. The largest absolute Gasteiger partial charge is 0.329 e. The predicted molar refractivity (Wildman–Crippen MR) is 62.7 cm³/mol. The van der Waals surface area contributed by atoms with E-state index in [9.17, 15) is 0 Å². The molecule has 2 fully saturated rings. The molecule has 0 amide bonds. The van der Waals surface area contributed by atoms with E-state index in [-0.39, 0.29) is 0 Å². The summed E-state index contributed by atoms with van der Waals surface area (Å²) >= 11 is 2.09. The van der Waals surface area contributed by atoms with Crippen molar-refractivity contribution in [3.63, 3.8) is 0 Å². The molecular formula is C10H21N3S. The highest BCUT2D eigenvalue weighted by molar-refractivity contribution is 7.99. The van der Waals surface area contributed by atoms with Crippen LogP contribution in [0.25, 0.3) is 0 Å². The number of nitrogens with one attached hydrogen (secondary N) is 1. The lowest BCUT2D eigenvalue weighted by molar-refractivity contribution is 0.137. The van der Waals surface area contributed by atoms with Crippen LogP contribution in [0.3, 0.4) is 0 Å². The van der Waals surface area contributed by atoms with Gasteiger partial charge in [0.25, 0.3) is 0 Å². The predicted octanol–water partition coefficient (Wildman–Crippen LogP) is -0.0280. The molecule has 2 rings (SSSR count). The Morgan fingerprint density at radius 3 is 2.79 bits per heavy atom. The van der Waals surface area contributed by atoms with Crippen molar-refractivity contribution in [1.29, 1.82) is 0 Å². The van der Waals surface area contributed by atoms with Crippen LogP contribution >= 0.6 is 11.8 Å². The van der Waals surface area contributed by atoms with Crippen LogP contribution in [0.15, 0.2) is 0 Å². The first-order chi connectivity index (χ1) is 6.92. The minimum atomic E-state index is 0.645. The zero-order valence-electron chi connectivity index (χ0n) is 8.74. The van der Waals surface area contributed by atoms with Gasteiger partial charge in [-0.05, 0) is 23.8 Å². The summed E-state index contributed by atoms with van der Waals surface area (Å²) in [5.74, 6) is 3.52.